The average molecular weight is 245 g/mol. The van der Waals surface area contributed by atoms with Crippen molar-refractivity contribution in [1.82, 2.24) is 4.57 Å². The number of aryl methyl sites for hydroxylation is 1. The second-order valence-electron chi connectivity index (χ2n) is 3.68. The summed E-state index contributed by atoms with van der Waals surface area (Å²) in [6, 6.07) is 0. The minimum Gasteiger partial charge on any atom is -0.284 e. The molecule has 1 aromatic carbocycles. The smallest absolute Gasteiger partial charge is 0.228 e. The van der Waals surface area contributed by atoms with E-state index in [1.165, 1.54) is 6.92 Å². The van der Waals surface area contributed by atoms with Gasteiger partial charge in [0.05, 0.1) is 5.52 Å². The molecule has 0 radical (unpaired) electrons. The topological polar surface area (TPSA) is 22.0 Å². The summed E-state index contributed by atoms with van der Waals surface area (Å²) in [6.07, 6.45) is 1.14. The fourth-order valence-corrected chi connectivity index (χ4v) is 1.78. The Morgan fingerprint density at radius 1 is 1.06 bits per heavy atom. The number of nitrogens with zero attached hydrogens (tertiary/aromatic N) is 1. The van der Waals surface area contributed by atoms with E-state index in [0.29, 0.717) is 0 Å². The molecule has 0 aliphatic rings. The zero-order chi connectivity index (χ0) is 12.9. The molecule has 6 heteroatoms. The number of hydrogen-bond acceptors (Lipinski definition) is 1. The molecule has 0 saturated heterocycles. The zero-order valence-electron chi connectivity index (χ0n) is 8.94. The van der Waals surface area contributed by atoms with Gasteiger partial charge in [-0.05, 0) is 12.5 Å². The Balaban J connectivity index is 3.08. The van der Waals surface area contributed by atoms with Gasteiger partial charge < -0.3 is 0 Å². The van der Waals surface area contributed by atoms with E-state index >= 15 is 0 Å². The number of hydrogen-bond donors (Lipinski definition) is 0. The van der Waals surface area contributed by atoms with Crippen molar-refractivity contribution in [2.24, 2.45) is 0 Å². The summed E-state index contributed by atoms with van der Waals surface area (Å²) < 4.78 is 53.8. The van der Waals surface area contributed by atoms with Gasteiger partial charge in [0.2, 0.25) is 5.91 Å². The molecule has 0 fully saturated rings. The fraction of sp³-hybridized carbons (Fsp3) is 0.182. The molecular formula is C11H7F4NO. The molecule has 1 aromatic heterocycles. The van der Waals surface area contributed by atoms with Crippen molar-refractivity contribution < 1.29 is 22.4 Å². The van der Waals surface area contributed by atoms with Gasteiger partial charge in [0.1, 0.15) is 0 Å². The summed E-state index contributed by atoms with van der Waals surface area (Å²) in [4.78, 5) is 11.2. The maximum absolute atomic E-state index is 13.5. The molecule has 0 spiro atoms. The lowest BCUT2D eigenvalue weighted by molar-refractivity contribution is 0.0940. The number of fused-ring (bicyclic) bond motifs is 1. The Morgan fingerprint density at radius 3 is 2.12 bits per heavy atom. The predicted molar refractivity (Wildman–Crippen MR) is 52.8 cm³/mol. The minimum atomic E-state index is -1.92. The quantitative estimate of drug-likeness (QED) is 0.397. The Bertz CT molecular complexity index is 645. The number of carbonyl (C=O) groups is 1. The largest absolute Gasteiger partial charge is 0.284 e. The Labute approximate surface area is 93.5 Å². The highest BCUT2D eigenvalue weighted by Gasteiger charge is 2.25. The van der Waals surface area contributed by atoms with E-state index in [-0.39, 0.29) is 5.56 Å². The molecule has 2 aromatic rings. The maximum atomic E-state index is 13.5. The fourth-order valence-electron chi connectivity index (χ4n) is 1.78. The van der Waals surface area contributed by atoms with E-state index in [4.69, 9.17) is 0 Å². The summed E-state index contributed by atoms with van der Waals surface area (Å²) in [6.45, 7) is 2.49. The van der Waals surface area contributed by atoms with Crippen LogP contribution in [0.25, 0.3) is 10.9 Å². The lowest BCUT2D eigenvalue weighted by Gasteiger charge is -2.04. The Morgan fingerprint density at radius 2 is 1.59 bits per heavy atom. The van der Waals surface area contributed by atoms with Crippen molar-refractivity contribution in [3.8, 4) is 0 Å². The summed E-state index contributed by atoms with van der Waals surface area (Å²) >= 11 is 0. The molecular weight excluding hydrogens is 238 g/mol. The van der Waals surface area contributed by atoms with Crippen molar-refractivity contribution >= 4 is 16.8 Å². The number of carbonyl (C=O) groups excluding carboxylic acids is 1. The molecule has 0 bridgehead atoms. The van der Waals surface area contributed by atoms with E-state index in [1.807, 2.05) is 0 Å². The molecule has 90 valence electrons. The van der Waals surface area contributed by atoms with Crippen LogP contribution in [-0.2, 0) is 0 Å². The highest BCUT2D eigenvalue weighted by Crippen LogP contribution is 2.30. The average Bonchev–Trinajstić information content (AvgIpc) is 2.61. The van der Waals surface area contributed by atoms with Crippen LogP contribution in [0.4, 0.5) is 17.6 Å². The molecule has 2 rings (SSSR count). The maximum Gasteiger partial charge on any atom is 0.228 e. The van der Waals surface area contributed by atoms with Crippen molar-refractivity contribution in [1.29, 1.82) is 0 Å². The van der Waals surface area contributed by atoms with Gasteiger partial charge >= 0.3 is 0 Å². The first-order valence-electron chi connectivity index (χ1n) is 4.70. The second kappa shape index (κ2) is 3.58. The first-order valence-corrected chi connectivity index (χ1v) is 4.70. The van der Waals surface area contributed by atoms with E-state index in [1.54, 1.807) is 0 Å². The molecule has 0 aliphatic carbocycles. The van der Waals surface area contributed by atoms with E-state index in [9.17, 15) is 22.4 Å². The van der Waals surface area contributed by atoms with Crippen LogP contribution >= 0.6 is 0 Å². The van der Waals surface area contributed by atoms with Crippen molar-refractivity contribution in [2.45, 2.75) is 13.8 Å². The Hall–Kier alpha value is -1.85. The summed E-state index contributed by atoms with van der Waals surface area (Å²) in [5.74, 6) is -7.47. The van der Waals surface area contributed by atoms with E-state index in [2.05, 4.69) is 0 Å². The molecule has 2 nitrogen and oxygen atoms in total. The summed E-state index contributed by atoms with van der Waals surface area (Å²) in [5.41, 5.74) is -0.420. The molecule has 0 amide bonds. The lowest BCUT2D eigenvalue weighted by Crippen LogP contribution is -2.07. The predicted octanol–water partition coefficient (Wildman–Crippen LogP) is 3.17. The number of aromatic nitrogens is 1. The third kappa shape index (κ3) is 1.44. The van der Waals surface area contributed by atoms with Crippen LogP contribution in [0, 0.1) is 30.2 Å². The number of rotatable bonds is 0. The van der Waals surface area contributed by atoms with Gasteiger partial charge in [0.15, 0.2) is 23.3 Å². The molecule has 0 atom stereocenters. The standard InChI is InChI=1S/C11H7F4NO/c1-4-3-16(5(2)17)11-6(4)7(12)8(13)9(14)10(11)15/h3H,1-2H3. The van der Waals surface area contributed by atoms with Gasteiger partial charge in [-0.2, -0.15) is 0 Å². The van der Waals surface area contributed by atoms with Crippen LogP contribution in [0.15, 0.2) is 6.20 Å². The van der Waals surface area contributed by atoms with Gasteiger partial charge in [-0.3, -0.25) is 9.36 Å². The minimum absolute atomic E-state index is 0.158. The number of halogens is 4. The Kier molecular flexibility index (Phi) is 2.45. The third-order valence-electron chi connectivity index (χ3n) is 2.54. The summed E-state index contributed by atoms with van der Waals surface area (Å²) in [5, 5.41) is -0.420. The molecule has 0 unspecified atom stereocenters. The highest BCUT2D eigenvalue weighted by molar-refractivity contribution is 5.94. The number of benzene rings is 1. The van der Waals surface area contributed by atoms with Crippen LogP contribution in [0.3, 0.4) is 0 Å². The van der Waals surface area contributed by atoms with Gasteiger partial charge in [-0.1, -0.05) is 0 Å². The normalized spacial score (nSPS) is 11.2. The van der Waals surface area contributed by atoms with Crippen LogP contribution < -0.4 is 0 Å². The molecule has 17 heavy (non-hydrogen) atoms. The van der Waals surface area contributed by atoms with E-state index in [0.717, 1.165) is 17.7 Å². The van der Waals surface area contributed by atoms with Crippen molar-refractivity contribution in [2.75, 3.05) is 0 Å². The van der Waals surface area contributed by atoms with Crippen molar-refractivity contribution in [3.05, 3.63) is 35.0 Å². The SMILES string of the molecule is CC(=O)n1cc(C)c2c(F)c(F)c(F)c(F)c21. The van der Waals surface area contributed by atoms with Crippen LogP contribution in [-0.4, -0.2) is 10.5 Å². The molecule has 0 aliphatic heterocycles. The van der Waals surface area contributed by atoms with Crippen LogP contribution in [0.1, 0.15) is 17.3 Å². The van der Waals surface area contributed by atoms with Crippen LogP contribution in [0.2, 0.25) is 0 Å². The van der Waals surface area contributed by atoms with E-state index < -0.39 is 40.1 Å². The molecule has 0 N–H and O–H groups in total. The van der Waals surface area contributed by atoms with Crippen LogP contribution in [0.5, 0.6) is 0 Å². The monoisotopic (exact) mass is 245 g/mol. The van der Waals surface area contributed by atoms with Gasteiger partial charge in [-0.15, -0.1) is 0 Å². The van der Waals surface area contributed by atoms with Gasteiger partial charge in [-0.25, -0.2) is 17.6 Å². The van der Waals surface area contributed by atoms with Crippen molar-refractivity contribution in [3.63, 3.8) is 0 Å². The third-order valence-corrected chi connectivity index (χ3v) is 2.54. The second-order valence-corrected chi connectivity index (χ2v) is 3.68. The molecule has 1 heterocycles. The molecule has 0 saturated carbocycles. The first kappa shape index (κ1) is 11.6. The van der Waals surface area contributed by atoms with Gasteiger partial charge in [0.25, 0.3) is 0 Å². The first-order chi connectivity index (χ1) is 7.86. The summed E-state index contributed by atoms with van der Waals surface area (Å²) in [7, 11) is 0. The highest BCUT2D eigenvalue weighted by atomic mass is 19.2. The zero-order valence-corrected chi connectivity index (χ0v) is 8.94. The van der Waals surface area contributed by atoms with Gasteiger partial charge in [0, 0.05) is 18.5 Å². The lowest BCUT2D eigenvalue weighted by atomic mass is 10.1.